The molecule has 3 nitrogen and oxygen atoms in total. The summed E-state index contributed by atoms with van der Waals surface area (Å²) in [5.74, 6) is -0.364. The van der Waals surface area contributed by atoms with Gasteiger partial charge in [0.05, 0.1) is 5.92 Å². The third-order valence-corrected chi connectivity index (χ3v) is 4.05. The van der Waals surface area contributed by atoms with Gasteiger partial charge in [-0.15, -0.1) is 0 Å². The molecule has 1 aliphatic rings. The van der Waals surface area contributed by atoms with Crippen LogP contribution in [0, 0.1) is 25.7 Å². The summed E-state index contributed by atoms with van der Waals surface area (Å²) >= 11 is 0. The van der Waals surface area contributed by atoms with E-state index in [1.807, 2.05) is 0 Å². The first-order valence-electron chi connectivity index (χ1n) is 6.95. The molecule has 0 saturated heterocycles. The van der Waals surface area contributed by atoms with Gasteiger partial charge in [0.25, 0.3) is 0 Å². The van der Waals surface area contributed by atoms with Crippen LogP contribution in [0.1, 0.15) is 23.1 Å². The number of aryl methyl sites for hydroxylation is 2. The van der Waals surface area contributed by atoms with Crippen molar-refractivity contribution >= 4 is 5.97 Å². The molecule has 1 fully saturated rings. The summed E-state index contributed by atoms with van der Waals surface area (Å²) in [6.45, 7) is 6.17. The molecule has 0 spiro atoms. The minimum atomic E-state index is -0.632. The van der Waals surface area contributed by atoms with Crippen molar-refractivity contribution in [3.8, 4) is 0 Å². The van der Waals surface area contributed by atoms with E-state index in [0.29, 0.717) is 5.92 Å². The highest BCUT2D eigenvalue weighted by Crippen LogP contribution is 2.38. The summed E-state index contributed by atoms with van der Waals surface area (Å²) in [5, 5.41) is 8.89. The minimum absolute atomic E-state index is 0.0943. The van der Waals surface area contributed by atoms with E-state index >= 15 is 0 Å². The molecule has 0 heterocycles. The molecule has 1 aromatic rings. The number of nitrogens with zero attached hydrogens (tertiary/aromatic N) is 1. The number of carbonyl (C=O) groups is 1. The SMILES string of the molecule is Cc1ccc(C)c(CCN(C)CC2CC2C(=O)O)c1. The quantitative estimate of drug-likeness (QED) is 0.855. The first kappa shape index (κ1) is 14.1. The summed E-state index contributed by atoms with van der Waals surface area (Å²) in [4.78, 5) is 13.1. The Balaban J connectivity index is 1.79. The van der Waals surface area contributed by atoms with Gasteiger partial charge in [-0.05, 0) is 50.8 Å². The number of aliphatic carboxylic acids is 1. The van der Waals surface area contributed by atoms with E-state index in [-0.39, 0.29) is 5.92 Å². The van der Waals surface area contributed by atoms with E-state index in [2.05, 4.69) is 44.0 Å². The number of benzene rings is 1. The Labute approximate surface area is 115 Å². The van der Waals surface area contributed by atoms with Gasteiger partial charge in [0.1, 0.15) is 0 Å². The van der Waals surface area contributed by atoms with Crippen molar-refractivity contribution in [3.05, 3.63) is 34.9 Å². The van der Waals surface area contributed by atoms with Crippen LogP contribution in [-0.4, -0.2) is 36.1 Å². The van der Waals surface area contributed by atoms with Crippen LogP contribution in [0.3, 0.4) is 0 Å². The Hall–Kier alpha value is -1.35. The van der Waals surface area contributed by atoms with Crippen molar-refractivity contribution < 1.29 is 9.90 Å². The fourth-order valence-electron chi connectivity index (χ4n) is 2.62. The van der Waals surface area contributed by atoms with Gasteiger partial charge in [-0.2, -0.15) is 0 Å². The smallest absolute Gasteiger partial charge is 0.306 e. The molecule has 0 aliphatic heterocycles. The van der Waals surface area contributed by atoms with Crippen LogP contribution >= 0.6 is 0 Å². The van der Waals surface area contributed by atoms with E-state index in [0.717, 1.165) is 25.9 Å². The van der Waals surface area contributed by atoms with Gasteiger partial charge in [-0.25, -0.2) is 0 Å². The molecular weight excluding hydrogens is 238 g/mol. The lowest BCUT2D eigenvalue weighted by atomic mass is 10.0. The standard InChI is InChI=1S/C16H23NO2/c1-11-4-5-12(2)13(8-11)6-7-17(3)10-14-9-15(14)16(18)19/h4-5,8,14-15H,6-7,9-10H2,1-3H3,(H,18,19). The van der Waals surface area contributed by atoms with Crippen LogP contribution in [0.4, 0.5) is 0 Å². The lowest BCUT2D eigenvalue weighted by Gasteiger charge is -2.17. The van der Waals surface area contributed by atoms with Crippen molar-refractivity contribution in [3.63, 3.8) is 0 Å². The second-order valence-corrected chi connectivity index (χ2v) is 5.88. The first-order chi connectivity index (χ1) is 8.97. The van der Waals surface area contributed by atoms with Gasteiger partial charge in [-0.1, -0.05) is 23.8 Å². The third kappa shape index (κ3) is 3.80. The van der Waals surface area contributed by atoms with Crippen LogP contribution in [-0.2, 0) is 11.2 Å². The molecule has 1 N–H and O–H groups in total. The number of hydrogen-bond donors (Lipinski definition) is 1. The third-order valence-electron chi connectivity index (χ3n) is 4.05. The van der Waals surface area contributed by atoms with E-state index in [1.165, 1.54) is 16.7 Å². The Morgan fingerprint density at radius 3 is 2.79 bits per heavy atom. The maximum absolute atomic E-state index is 10.8. The summed E-state index contributed by atoms with van der Waals surface area (Å²) in [6, 6.07) is 6.57. The fourth-order valence-corrected chi connectivity index (χ4v) is 2.62. The van der Waals surface area contributed by atoms with Crippen molar-refractivity contribution in [2.24, 2.45) is 11.8 Å². The van der Waals surface area contributed by atoms with E-state index < -0.39 is 5.97 Å². The second-order valence-electron chi connectivity index (χ2n) is 5.88. The van der Waals surface area contributed by atoms with Gasteiger partial charge in [0, 0.05) is 13.1 Å². The van der Waals surface area contributed by atoms with Crippen molar-refractivity contribution in [1.29, 1.82) is 0 Å². The molecular formula is C16H23NO2. The molecule has 0 aromatic heterocycles. The average molecular weight is 261 g/mol. The molecule has 3 heteroatoms. The predicted octanol–water partition coefficient (Wildman–Crippen LogP) is 2.50. The average Bonchev–Trinajstić information content (AvgIpc) is 3.10. The summed E-state index contributed by atoms with van der Waals surface area (Å²) in [5.41, 5.74) is 4.04. The van der Waals surface area contributed by atoms with Crippen molar-refractivity contribution in [1.82, 2.24) is 4.90 Å². The van der Waals surface area contributed by atoms with Crippen LogP contribution in [0.15, 0.2) is 18.2 Å². The molecule has 0 amide bonds. The molecule has 1 aliphatic carbocycles. The van der Waals surface area contributed by atoms with E-state index in [9.17, 15) is 4.79 Å². The van der Waals surface area contributed by atoms with E-state index in [1.54, 1.807) is 0 Å². The summed E-state index contributed by atoms with van der Waals surface area (Å²) in [7, 11) is 2.09. The Bertz CT molecular complexity index is 470. The summed E-state index contributed by atoms with van der Waals surface area (Å²) < 4.78 is 0. The van der Waals surface area contributed by atoms with Crippen LogP contribution in [0.2, 0.25) is 0 Å². The highest BCUT2D eigenvalue weighted by atomic mass is 16.4. The number of hydrogen-bond acceptors (Lipinski definition) is 2. The first-order valence-corrected chi connectivity index (χ1v) is 6.95. The Morgan fingerprint density at radius 2 is 2.16 bits per heavy atom. The van der Waals surface area contributed by atoms with Crippen molar-refractivity contribution in [2.75, 3.05) is 20.1 Å². The van der Waals surface area contributed by atoms with Crippen molar-refractivity contribution in [2.45, 2.75) is 26.7 Å². The zero-order valence-electron chi connectivity index (χ0n) is 12.0. The number of carboxylic acid groups (broad SMARTS) is 1. The normalized spacial score (nSPS) is 21.7. The monoisotopic (exact) mass is 261 g/mol. The Kier molecular flexibility index (Phi) is 4.25. The van der Waals surface area contributed by atoms with Crippen LogP contribution < -0.4 is 0 Å². The number of rotatable bonds is 6. The van der Waals surface area contributed by atoms with Gasteiger partial charge in [0.15, 0.2) is 0 Å². The predicted molar refractivity (Wildman–Crippen MR) is 76.3 cm³/mol. The van der Waals surface area contributed by atoms with Gasteiger partial charge in [0.2, 0.25) is 0 Å². The maximum Gasteiger partial charge on any atom is 0.306 e. The summed E-state index contributed by atoms with van der Waals surface area (Å²) in [6.07, 6.45) is 1.89. The van der Waals surface area contributed by atoms with Crippen LogP contribution in [0.25, 0.3) is 0 Å². The number of likely N-dealkylation sites (N-methyl/N-ethyl adjacent to an activating group) is 1. The highest BCUT2D eigenvalue weighted by Gasteiger charge is 2.43. The lowest BCUT2D eigenvalue weighted by Crippen LogP contribution is -2.25. The van der Waals surface area contributed by atoms with Gasteiger partial charge in [-0.3, -0.25) is 4.79 Å². The zero-order valence-corrected chi connectivity index (χ0v) is 12.0. The lowest BCUT2D eigenvalue weighted by molar-refractivity contribution is -0.138. The highest BCUT2D eigenvalue weighted by molar-refractivity contribution is 5.73. The molecule has 104 valence electrons. The number of carboxylic acids is 1. The maximum atomic E-state index is 10.8. The Morgan fingerprint density at radius 1 is 1.42 bits per heavy atom. The molecule has 19 heavy (non-hydrogen) atoms. The largest absolute Gasteiger partial charge is 0.481 e. The minimum Gasteiger partial charge on any atom is -0.481 e. The molecule has 2 atom stereocenters. The molecule has 0 bridgehead atoms. The second kappa shape index (κ2) is 5.74. The molecule has 1 aromatic carbocycles. The molecule has 1 saturated carbocycles. The molecule has 0 radical (unpaired) electrons. The van der Waals surface area contributed by atoms with E-state index in [4.69, 9.17) is 5.11 Å². The molecule has 2 unspecified atom stereocenters. The van der Waals surface area contributed by atoms with Crippen LogP contribution in [0.5, 0.6) is 0 Å². The zero-order chi connectivity index (χ0) is 14.0. The fraction of sp³-hybridized carbons (Fsp3) is 0.562. The van der Waals surface area contributed by atoms with Gasteiger partial charge < -0.3 is 10.0 Å². The van der Waals surface area contributed by atoms with Gasteiger partial charge >= 0.3 is 5.97 Å². The molecule has 2 rings (SSSR count). The topological polar surface area (TPSA) is 40.5 Å².